The molecule has 1 aliphatic heterocycles. The SMILES string of the molecule is CC(C)c1cc(-c2ccc(F)c(F)c2)nn2cc(C(=O)N3CCNC(=O)C3(C)C)nc12. The first kappa shape index (κ1) is 20.9. The van der Waals surface area contributed by atoms with Crippen LogP contribution in [0.5, 0.6) is 0 Å². The fourth-order valence-electron chi connectivity index (χ4n) is 3.72. The largest absolute Gasteiger partial charge is 0.352 e. The highest BCUT2D eigenvalue weighted by Gasteiger charge is 2.41. The Morgan fingerprint density at radius 3 is 2.61 bits per heavy atom. The fourth-order valence-corrected chi connectivity index (χ4v) is 3.72. The lowest BCUT2D eigenvalue weighted by molar-refractivity contribution is -0.133. The van der Waals surface area contributed by atoms with Crippen LogP contribution in [-0.2, 0) is 4.79 Å². The Kier molecular flexibility index (Phi) is 4.99. The van der Waals surface area contributed by atoms with Gasteiger partial charge in [-0.05, 0) is 44.0 Å². The highest BCUT2D eigenvalue weighted by atomic mass is 19.2. The van der Waals surface area contributed by atoms with E-state index in [-0.39, 0.29) is 23.4 Å². The standard InChI is InChI=1S/C22H23F2N5O2/c1-12(2)14-10-17(13-5-6-15(23)16(24)9-13)27-29-11-18(26-19(14)29)20(30)28-8-7-25-21(31)22(28,3)4/h5-6,9-12H,7-8H2,1-4H3,(H,25,31). The summed E-state index contributed by atoms with van der Waals surface area (Å²) >= 11 is 0. The van der Waals surface area contributed by atoms with Crippen LogP contribution in [0.2, 0.25) is 0 Å². The van der Waals surface area contributed by atoms with Crippen molar-refractivity contribution in [3.05, 3.63) is 53.4 Å². The smallest absolute Gasteiger partial charge is 0.275 e. The summed E-state index contributed by atoms with van der Waals surface area (Å²) in [6.07, 6.45) is 1.51. The van der Waals surface area contributed by atoms with Crippen molar-refractivity contribution in [1.29, 1.82) is 0 Å². The molecular weight excluding hydrogens is 404 g/mol. The first-order chi connectivity index (χ1) is 14.6. The molecule has 0 aliphatic carbocycles. The third kappa shape index (κ3) is 3.54. The lowest BCUT2D eigenvalue weighted by Gasteiger charge is -2.40. The lowest BCUT2D eigenvalue weighted by atomic mass is 9.98. The second kappa shape index (κ2) is 7.40. The van der Waals surface area contributed by atoms with E-state index in [9.17, 15) is 18.4 Å². The van der Waals surface area contributed by atoms with Gasteiger partial charge in [0.2, 0.25) is 5.91 Å². The Morgan fingerprint density at radius 2 is 1.94 bits per heavy atom. The molecule has 3 heterocycles. The Bertz CT molecular complexity index is 1200. The molecule has 4 rings (SSSR count). The van der Waals surface area contributed by atoms with E-state index >= 15 is 0 Å². The third-order valence-electron chi connectivity index (χ3n) is 5.61. The summed E-state index contributed by atoms with van der Waals surface area (Å²) in [6.45, 7) is 8.06. The molecule has 1 saturated heterocycles. The molecule has 0 saturated carbocycles. The Hall–Kier alpha value is -3.36. The minimum absolute atomic E-state index is 0.0390. The van der Waals surface area contributed by atoms with Gasteiger partial charge in [-0.3, -0.25) is 9.59 Å². The zero-order valence-electron chi connectivity index (χ0n) is 17.7. The molecule has 0 bridgehead atoms. The highest BCUT2D eigenvalue weighted by molar-refractivity contribution is 5.99. The average Bonchev–Trinajstić information content (AvgIpc) is 3.15. The predicted octanol–water partition coefficient (Wildman–Crippen LogP) is 3.15. The lowest BCUT2D eigenvalue weighted by Crippen LogP contribution is -2.63. The molecule has 0 unspecified atom stereocenters. The molecule has 3 aromatic rings. The number of benzene rings is 1. The van der Waals surface area contributed by atoms with Crippen LogP contribution in [0.25, 0.3) is 16.9 Å². The average molecular weight is 427 g/mol. The molecule has 0 atom stereocenters. The highest BCUT2D eigenvalue weighted by Crippen LogP contribution is 2.28. The van der Waals surface area contributed by atoms with Crippen molar-refractivity contribution >= 4 is 17.5 Å². The molecule has 9 heteroatoms. The number of amides is 2. The summed E-state index contributed by atoms with van der Waals surface area (Å²) in [5.74, 6) is -2.45. The summed E-state index contributed by atoms with van der Waals surface area (Å²) in [5, 5.41) is 7.24. The fraction of sp³-hybridized carbons (Fsp3) is 0.364. The number of fused-ring (bicyclic) bond motifs is 1. The summed E-state index contributed by atoms with van der Waals surface area (Å²) in [6, 6.07) is 5.37. The predicted molar refractivity (Wildman–Crippen MR) is 111 cm³/mol. The number of nitrogens with one attached hydrogen (secondary N) is 1. The first-order valence-corrected chi connectivity index (χ1v) is 10.1. The van der Waals surface area contributed by atoms with Crippen molar-refractivity contribution in [2.75, 3.05) is 13.1 Å². The minimum atomic E-state index is -1.00. The van der Waals surface area contributed by atoms with Gasteiger partial charge in [-0.15, -0.1) is 0 Å². The topological polar surface area (TPSA) is 79.6 Å². The van der Waals surface area contributed by atoms with Crippen molar-refractivity contribution in [1.82, 2.24) is 24.8 Å². The van der Waals surface area contributed by atoms with Gasteiger partial charge < -0.3 is 10.2 Å². The number of piperazine rings is 1. The van der Waals surface area contributed by atoms with E-state index in [1.54, 1.807) is 19.9 Å². The van der Waals surface area contributed by atoms with Crippen LogP contribution in [0.4, 0.5) is 8.78 Å². The number of imidazole rings is 1. The van der Waals surface area contributed by atoms with Gasteiger partial charge in [0.1, 0.15) is 11.2 Å². The van der Waals surface area contributed by atoms with E-state index in [2.05, 4.69) is 15.4 Å². The van der Waals surface area contributed by atoms with Crippen LogP contribution in [0.15, 0.2) is 30.5 Å². The van der Waals surface area contributed by atoms with E-state index in [1.807, 2.05) is 13.8 Å². The van der Waals surface area contributed by atoms with Crippen molar-refractivity contribution in [3.63, 3.8) is 0 Å². The van der Waals surface area contributed by atoms with E-state index in [0.717, 1.165) is 17.7 Å². The van der Waals surface area contributed by atoms with Gasteiger partial charge in [-0.2, -0.15) is 5.10 Å². The number of hydrogen-bond donors (Lipinski definition) is 1. The number of hydrogen-bond acceptors (Lipinski definition) is 4. The van der Waals surface area contributed by atoms with Gasteiger partial charge in [0.05, 0.1) is 11.9 Å². The maximum Gasteiger partial charge on any atom is 0.275 e. The molecule has 1 aliphatic rings. The molecule has 1 N–H and O–H groups in total. The van der Waals surface area contributed by atoms with Gasteiger partial charge in [-0.25, -0.2) is 18.3 Å². The van der Waals surface area contributed by atoms with E-state index in [0.29, 0.717) is 30.0 Å². The van der Waals surface area contributed by atoms with Crippen LogP contribution in [0, 0.1) is 11.6 Å². The van der Waals surface area contributed by atoms with Gasteiger partial charge in [0, 0.05) is 24.2 Å². The molecule has 2 amide bonds. The zero-order valence-corrected chi connectivity index (χ0v) is 17.7. The maximum absolute atomic E-state index is 13.8. The second-order valence-electron chi connectivity index (χ2n) is 8.43. The van der Waals surface area contributed by atoms with Gasteiger partial charge in [0.25, 0.3) is 5.91 Å². The number of carbonyl (C=O) groups excluding carboxylic acids is 2. The number of halogens is 2. The normalized spacial score (nSPS) is 16.1. The molecule has 7 nitrogen and oxygen atoms in total. The van der Waals surface area contributed by atoms with Crippen molar-refractivity contribution in [2.45, 2.75) is 39.2 Å². The summed E-state index contributed by atoms with van der Waals surface area (Å²) < 4.78 is 28.6. The Labute approximate surface area is 178 Å². The van der Waals surface area contributed by atoms with Gasteiger partial charge in [-0.1, -0.05) is 13.8 Å². The molecule has 1 aromatic carbocycles. The van der Waals surface area contributed by atoms with Crippen LogP contribution < -0.4 is 5.32 Å². The van der Waals surface area contributed by atoms with Crippen LogP contribution in [0.1, 0.15) is 49.7 Å². The van der Waals surface area contributed by atoms with E-state index in [4.69, 9.17) is 0 Å². The van der Waals surface area contributed by atoms with Crippen molar-refractivity contribution < 1.29 is 18.4 Å². The maximum atomic E-state index is 13.8. The van der Waals surface area contributed by atoms with Crippen LogP contribution in [0.3, 0.4) is 0 Å². The van der Waals surface area contributed by atoms with E-state index < -0.39 is 17.2 Å². The molecule has 31 heavy (non-hydrogen) atoms. The molecule has 2 aromatic heterocycles. The number of carbonyl (C=O) groups is 2. The molecule has 0 radical (unpaired) electrons. The zero-order chi connectivity index (χ0) is 22.5. The van der Waals surface area contributed by atoms with Crippen LogP contribution in [-0.4, -0.2) is 49.9 Å². The monoisotopic (exact) mass is 427 g/mol. The molecular formula is C22H23F2N5O2. The Balaban J connectivity index is 1.81. The van der Waals surface area contributed by atoms with Gasteiger partial charge >= 0.3 is 0 Å². The second-order valence-corrected chi connectivity index (χ2v) is 8.43. The van der Waals surface area contributed by atoms with Gasteiger partial charge in [0.15, 0.2) is 17.3 Å². The summed E-state index contributed by atoms with van der Waals surface area (Å²) in [4.78, 5) is 31.4. The van der Waals surface area contributed by atoms with Crippen molar-refractivity contribution in [3.8, 4) is 11.3 Å². The molecule has 0 spiro atoms. The quantitative estimate of drug-likeness (QED) is 0.697. The molecule has 162 valence electrons. The third-order valence-corrected chi connectivity index (χ3v) is 5.61. The van der Waals surface area contributed by atoms with Crippen molar-refractivity contribution in [2.24, 2.45) is 0 Å². The summed E-state index contributed by atoms with van der Waals surface area (Å²) in [5.41, 5.74) is 1.33. The minimum Gasteiger partial charge on any atom is -0.352 e. The Morgan fingerprint density at radius 1 is 1.19 bits per heavy atom. The number of aromatic nitrogens is 3. The molecule has 1 fully saturated rings. The number of rotatable bonds is 3. The number of nitrogens with zero attached hydrogens (tertiary/aromatic N) is 4. The first-order valence-electron chi connectivity index (χ1n) is 10.1. The summed E-state index contributed by atoms with van der Waals surface area (Å²) in [7, 11) is 0. The van der Waals surface area contributed by atoms with Crippen LogP contribution >= 0.6 is 0 Å². The van der Waals surface area contributed by atoms with E-state index in [1.165, 1.54) is 21.7 Å².